The van der Waals surface area contributed by atoms with Gasteiger partial charge in [0.2, 0.25) is 0 Å². The lowest BCUT2D eigenvalue weighted by molar-refractivity contribution is 0.0696. The van der Waals surface area contributed by atoms with Gasteiger partial charge >= 0.3 is 5.97 Å². The van der Waals surface area contributed by atoms with Gasteiger partial charge in [-0.1, -0.05) is 0 Å². The fourth-order valence-corrected chi connectivity index (χ4v) is 4.42. The van der Waals surface area contributed by atoms with E-state index in [9.17, 15) is 15.0 Å². The molecule has 5 heteroatoms. The third-order valence-corrected chi connectivity index (χ3v) is 5.02. The highest BCUT2D eigenvalue weighted by Gasteiger charge is 2.46. The second-order valence-corrected chi connectivity index (χ2v) is 6.86. The summed E-state index contributed by atoms with van der Waals surface area (Å²) in [6.07, 6.45) is 1.19. The smallest absolute Gasteiger partial charge is 0.335 e. The molecule has 1 aliphatic heterocycles. The van der Waals surface area contributed by atoms with Crippen molar-refractivity contribution in [2.24, 2.45) is 0 Å². The van der Waals surface area contributed by atoms with Gasteiger partial charge < -0.3 is 15.1 Å². The molecule has 1 aromatic rings. The van der Waals surface area contributed by atoms with Gasteiger partial charge in [0.25, 0.3) is 0 Å². The molecule has 0 spiro atoms. The summed E-state index contributed by atoms with van der Waals surface area (Å²) in [6, 6.07) is 4.05. The lowest BCUT2D eigenvalue weighted by Gasteiger charge is -2.31. The summed E-state index contributed by atoms with van der Waals surface area (Å²) in [5.74, 6) is -0.676. The summed E-state index contributed by atoms with van der Waals surface area (Å²) in [6.45, 7) is 4.27. The second kappa shape index (κ2) is 4.74. The number of aliphatic hydroxyl groups is 1. The molecular weight excluding hydrogens is 322 g/mol. The quantitative estimate of drug-likeness (QED) is 0.869. The Labute approximate surface area is 126 Å². The number of aliphatic hydroxyl groups excluding tert-OH is 1. The fraction of sp³-hybridized carbons (Fsp3) is 0.533. The van der Waals surface area contributed by atoms with Gasteiger partial charge in [-0.3, -0.25) is 0 Å². The summed E-state index contributed by atoms with van der Waals surface area (Å²) in [7, 11) is 0. The number of carbonyl (C=O) groups is 1. The van der Waals surface area contributed by atoms with Crippen LogP contribution < -0.4 is 4.90 Å². The Morgan fingerprint density at radius 3 is 2.70 bits per heavy atom. The van der Waals surface area contributed by atoms with E-state index in [0.717, 1.165) is 28.6 Å². The van der Waals surface area contributed by atoms with Gasteiger partial charge in [0.1, 0.15) is 0 Å². The second-order valence-electron chi connectivity index (χ2n) is 6.00. The van der Waals surface area contributed by atoms with Crippen molar-refractivity contribution in [2.45, 2.75) is 50.8 Å². The van der Waals surface area contributed by atoms with E-state index >= 15 is 0 Å². The zero-order valence-corrected chi connectivity index (χ0v) is 13.1. The van der Waals surface area contributed by atoms with Crippen LogP contribution in [-0.2, 0) is 0 Å². The monoisotopic (exact) mass is 339 g/mol. The molecule has 108 valence electrons. The van der Waals surface area contributed by atoms with E-state index in [4.69, 9.17) is 0 Å². The van der Waals surface area contributed by atoms with Crippen LogP contribution in [0.1, 0.15) is 48.5 Å². The summed E-state index contributed by atoms with van der Waals surface area (Å²) in [5, 5.41) is 19.2. The molecular formula is C15H18BrNO3. The first-order valence-electron chi connectivity index (χ1n) is 6.93. The number of carboxylic acids is 1. The number of anilines is 1. The first kappa shape index (κ1) is 13.9. The van der Waals surface area contributed by atoms with Crippen molar-refractivity contribution in [3.63, 3.8) is 0 Å². The van der Waals surface area contributed by atoms with Crippen LogP contribution >= 0.6 is 15.9 Å². The summed E-state index contributed by atoms with van der Waals surface area (Å²) in [4.78, 5) is 13.6. The van der Waals surface area contributed by atoms with E-state index < -0.39 is 5.97 Å². The average molecular weight is 340 g/mol. The molecule has 3 rings (SSSR count). The number of aromatic carboxylic acids is 1. The molecule has 0 bridgehead atoms. The van der Waals surface area contributed by atoms with Crippen molar-refractivity contribution in [2.75, 3.05) is 4.90 Å². The molecule has 0 aromatic heterocycles. The van der Waals surface area contributed by atoms with Crippen molar-refractivity contribution in [3.05, 3.63) is 27.7 Å². The molecule has 2 N–H and O–H groups in total. The topological polar surface area (TPSA) is 60.8 Å². The van der Waals surface area contributed by atoms with Crippen LogP contribution in [0.4, 0.5) is 5.69 Å². The Balaban J connectivity index is 2.16. The Morgan fingerprint density at radius 1 is 1.40 bits per heavy atom. The van der Waals surface area contributed by atoms with Crippen molar-refractivity contribution in [1.82, 2.24) is 0 Å². The third kappa shape index (κ3) is 1.95. The van der Waals surface area contributed by atoms with Crippen LogP contribution in [0.2, 0.25) is 0 Å². The molecule has 2 aliphatic rings. The maximum atomic E-state index is 11.2. The van der Waals surface area contributed by atoms with Crippen molar-refractivity contribution in [1.29, 1.82) is 0 Å². The third-order valence-electron chi connectivity index (χ3n) is 4.42. The first-order valence-corrected chi connectivity index (χ1v) is 7.72. The number of carboxylic acid groups (broad SMARTS) is 1. The minimum absolute atomic E-state index is 0.234. The van der Waals surface area contributed by atoms with Gasteiger partial charge in [-0.2, -0.15) is 0 Å². The molecule has 0 radical (unpaired) electrons. The molecule has 1 aliphatic carbocycles. The highest BCUT2D eigenvalue weighted by molar-refractivity contribution is 9.10. The van der Waals surface area contributed by atoms with Gasteiger partial charge in [0.15, 0.2) is 0 Å². The van der Waals surface area contributed by atoms with Crippen molar-refractivity contribution >= 4 is 27.6 Å². The zero-order valence-electron chi connectivity index (χ0n) is 11.5. The highest BCUT2D eigenvalue weighted by Crippen LogP contribution is 2.52. The molecule has 3 atom stereocenters. The fourth-order valence-electron chi connectivity index (χ4n) is 3.74. The Morgan fingerprint density at radius 2 is 2.10 bits per heavy atom. The average Bonchev–Trinajstić information content (AvgIpc) is 2.84. The van der Waals surface area contributed by atoms with E-state index in [1.165, 1.54) is 0 Å². The molecule has 1 heterocycles. The largest absolute Gasteiger partial charge is 0.478 e. The SMILES string of the molecule is CC(C)N1c2c(Br)cc(C(=O)O)cc2C2CC(O)CC21. The lowest BCUT2D eigenvalue weighted by atomic mass is 9.96. The van der Waals surface area contributed by atoms with Gasteiger partial charge in [0, 0.05) is 22.5 Å². The molecule has 0 saturated heterocycles. The number of fused-ring (bicyclic) bond motifs is 3. The van der Waals surface area contributed by atoms with Crippen molar-refractivity contribution < 1.29 is 15.0 Å². The number of halogens is 1. The highest BCUT2D eigenvalue weighted by atomic mass is 79.9. The van der Waals surface area contributed by atoms with Crippen LogP contribution in [0.15, 0.2) is 16.6 Å². The Hall–Kier alpha value is -1.07. The molecule has 20 heavy (non-hydrogen) atoms. The van der Waals surface area contributed by atoms with Crippen LogP contribution in [0, 0.1) is 0 Å². The lowest BCUT2D eigenvalue weighted by Crippen LogP contribution is -2.37. The van der Waals surface area contributed by atoms with Gasteiger partial charge in [-0.05, 0) is 60.3 Å². The molecule has 1 fully saturated rings. The molecule has 0 amide bonds. The Kier molecular flexibility index (Phi) is 3.29. The van der Waals surface area contributed by atoms with E-state index in [1.54, 1.807) is 12.1 Å². The molecule has 3 unspecified atom stereocenters. The minimum atomic E-state index is -0.911. The van der Waals surface area contributed by atoms with E-state index in [0.29, 0.717) is 11.6 Å². The standard InChI is InChI=1S/C15H18BrNO3/c1-7(2)17-13-6-9(18)5-10(13)11-3-8(15(19)20)4-12(16)14(11)17/h3-4,7,9-10,13,18H,5-6H2,1-2H3,(H,19,20). The number of benzene rings is 1. The van der Waals surface area contributed by atoms with Crippen LogP contribution in [0.5, 0.6) is 0 Å². The molecule has 1 saturated carbocycles. The van der Waals surface area contributed by atoms with E-state index in [1.807, 2.05) is 0 Å². The van der Waals surface area contributed by atoms with Crippen molar-refractivity contribution in [3.8, 4) is 0 Å². The Bertz CT molecular complexity index is 572. The molecule has 1 aromatic carbocycles. The summed E-state index contributed by atoms with van der Waals surface area (Å²) >= 11 is 3.53. The van der Waals surface area contributed by atoms with Crippen LogP contribution in [0.25, 0.3) is 0 Å². The molecule has 4 nitrogen and oxygen atoms in total. The number of nitrogens with zero attached hydrogens (tertiary/aromatic N) is 1. The summed E-state index contributed by atoms with van der Waals surface area (Å²) < 4.78 is 0.838. The van der Waals surface area contributed by atoms with Gasteiger partial charge in [-0.15, -0.1) is 0 Å². The number of hydrogen-bond donors (Lipinski definition) is 2. The van der Waals surface area contributed by atoms with E-state index in [2.05, 4.69) is 34.7 Å². The normalized spacial score (nSPS) is 27.9. The van der Waals surface area contributed by atoms with Gasteiger partial charge in [0.05, 0.1) is 17.4 Å². The van der Waals surface area contributed by atoms with E-state index in [-0.39, 0.29) is 18.1 Å². The zero-order chi connectivity index (χ0) is 14.6. The number of hydrogen-bond acceptors (Lipinski definition) is 3. The van der Waals surface area contributed by atoms with Gasteiger partial charge in [-0.25, -0.2) is 4.79 Å². The predicted octanol–water partition coefficient (Wildman–Crippen LogP) is 2.98. The maximum Gasteiger partial charge on any atom is 0.335 e. The summed E-state index contributed by atoms with van der Waals surface area (Å²) in [5.41, 5.74) is 2.47. The maximum absolute atomic E-state index is 11.2. The number of rotatable bonds is 2. The van der Waals surface area contributed by atoms with Crippen LogP contribution in [0.3, 0.4) is 0 Å². The minimum Gasteiger partial charge on any atom is -0.478 e. The van der Waals surface area contributed by atoms with Crippen LogP contribution in [-0.4, -0.2) is 34.4 Å². The predicted molar refractivity (Wildman–Crippen MR) is 80.5 cm³/mol. The first-order chi connectivity index (χ1) is 9.40.